The van der Waals surface area contributed by atoms with Gasteiger partial charge in [-0.25, -0.2) is 27.1 Å². The van der Waals surface area contributed by atoms with Crippen molar-refractivity contribution in [2.75, 3.05) is 38.7 Å². The van der Waals surface area contributed by atoms with Crippen LogP contribution in [0.1, 0.15) is 12.2 Å². The predicted octanol–water partition coefficient (Wildman–Crippen LogP) is 3.85. The fourth-order valence-electron chi connectivity index (χ4n) is 5.25. The summed E-state index contributed by atoms with van der Waals surface area (Å²) in [6.07, 6.45) is -0.601. The Labute approximate surface area is 215 Å². The molecule has 1 N–H and O–H groups in total. The van der Waals surface area contributed by atoms with Crippen LogP contribution in [0.3, 0.4) is 0 Å². The molecule has 202 valence electrons. The Kier molecular flexibility index (Phi) is 6.14. The average molecular weight is 534 g/mol. The maximum atomic E-state index is 15.0. The van der Waals surface area contributed by atoms with Gasteiger partial charge in [0, 0.05) is 18.3 Å². The maximum absolute atomic E-state index is 15.0. The number of rotatable bonds is 7. The Bertz CT molecular complexity index is 1480. The van der Waals surface area contributed by atoms with Crippen LogP contribution in [0.5, 0.6) is 5.88 Å². The molecule has 0 aliphatic carbocycles. The van der Waals surface area contributed by atoms with Gasteiger partial charge in [-0.3, -0.25) is 4.90 Å². The number of halogens is 4. The molecule has 6 rings (SSSR count). The lowest BCUT2D eigenvalue weighted by Gasteiger charge is -2.44. The highest BCUT2D eigenvalue weighted by Crippen LogP contribution is 2.35. The number of hydrogen-bond acceptors (Lipinski definition) is 7. The molecule has 2 aliphatic heterocycles. The number of alkyl halides is 4. The molecule has 5 heterocycles. The van der Waals surface area contributed by atoms with E-state index in [1.54, 1.807) is 36.2 Å². The zero-order valence-corrected chi connectivity index (χ0v) is 20.9. The van der Waals surface area contributed by atoms with Gasteiger partial charge in [0.15, 0.2) is 0 Å². The monoisotopic (exact) mass is 533 g/mol. The summed E-state index contributed by atoms with van der Waals surface area (Å²) >= 11 is 0. The number of aromatic nitrogens is 5. The first-order chi connectivity index (χ1) is 18.2. The molecule has 3 aromatic heterocycles. The number of imidazole rings is 1. The summed E-state index contributed by atoms with van der Waals surface area (Å²) in [5, 5.41) is 7.25. The number of methoxy groups -OCH3 is 1. The summed E-state index contributed by atoms with van der Waals surface area (Å²) in [6, 6.07) is 6.12. The van der Waals surface area contributed by atoms with Crippen LogP contribution in [-0.2, 0) is 11.3 Å². The topological polar surface area (TPSA) is 81.7 Å². The number of nitrogens with zero attached hydrogens (tertiary/aromatic N) is 6. The van der Waals surface area contributed by atoms with Crippen molar-refractivity contribution in [2.45, 2.75) is 44.3 Å². The van der Waals surface area contributed by atoms with Gasteiger partial charge in [0.2, 0.25) is 11.8 Å². The number of likely N-dealkylation sites (tertiary alicyclic amines) is 1. The third kappa shape index (κ3) is 4.33. The van der Waals surface area contributed by atoms with E-state index in [0.717, 1.165) is 5.56 Å². The molecule has 9 nitrogen and oxygen atoms in total. The lowest BCUT2D eigenvalue weighted by Crippen LogP contribution is -2.61. The van der Waals surface area contributed by atoms with E-state index in [1.807, 2.05) is 6.07 Å². The van der Waals surface area contributed by atoms with Crippen LogP contribution in [0, 0.1) is 6.92 Å². The lowest BCUT2D eigenvalue weighted by atomic mass is 9.98. The van der Waals surface area contributed by atoms with Crippen molar-refractivity contribution in [2.24, 2.45) is 0 Å². The predicted molar refractivity (Wildman–Crippen MR) is 132 cm³/mol. The normalized spacial score (nSPS) is 20.3. The smallest absolute Gasteiger partial charge is 0.280 e. The van der Waals surface area contributed by atoms with Crippen LogP contribution in [0.4, 0.5) is 23.5 Å². The fraction of sp³-hybridized carbons (Fsp3) is 0.480. The molecular formula is C25H27F4N7O2. The number of anilines is 1. The van der Waals surface area contributed by atoms with E-state index in [1.165, 1.54) is 16.2 Å². The van der Waals surface area contributed by atoms with Crippen LogP contribution in [0.15, 0.2) is 30.5 Å². The van der Waals surface area contributed by atoms with Crippen molar-refractivity contribution in [3.05, 3.63) is 36.3 Å². The van der Waals surface area contributed by atoms with Gasteiger partial charge in [0.25, 0.3) is 12.3 Å². The van der Waals surface area contributed by atoms with E-state index in [0.29, 0.717) is 47.7 Å². The van der Waals surface area contributed by atoms with Gasteiger partial charge in [-0.1, -0.05) is 6.07 Å². The van der Waals surface area contributed by atoms with Crippen LogP contribution in [0.25, 0.3) is 27.7 Å². The number of hydrogen-bond donors (Lipinski definition) is 1. The third-order valence-corrected chi connectivity index (χ3v) is 7.31. The number of aryl methyl sites for hydroxylation is 1. The van der Waals surface area contributed by atoms with Gasteiger partial charge in [0.05, 0.1) is 56.5 Å². The van der Waals surface area contributed by atoms with Gasteiger partial charge in [-0.15, -0.1) is 5.10 Å². The average Bonchev–Trinajstić information content (AvgIpc) is 3.39. The molecule has 2 aliphatic rings. The Balaban J connectivity index is 1.31. The molecule has 38 heavy (non-hydrogen) atoms. The van der Waals surface area contributed by atoms with Gasteiger partial charge < -0.3 is 19.4 Å². The van der Waals surface area contributed by atoms with Crippen molar-refractivity contribution >= 4 is 22.5 Å². The van der Waals surface area contributed by atoms with E-state index in [-0.39, 0.29) is 30.8 Å². The summed E-state index contributed by atoms with van der Waals surface area (Å²) < 4.78 is 70.0. The molecule has 0 bridgehead atoms. The molecule has 4 aromatic rings. The number of nitrogens with one attached hydrogen (secondary N) is 1. The van der Waals surface area contributed by atoms with Crippen molar-refractivity contribution in [3.8, 4) is 17.0 Å². The zero-order chi connectivity index (χ0) is 26.6. The van der Waals surface area contributed by atoms with E-state index >= 15 is 0 Å². The molecule has 13 heteroatoms. The zero-order valence-electron chi connectivity index (χ0n) is 20.9. The van der Waals surface area contributed by atoms with Crippen molar-refractivity contribution in [1.29, 1.82) is 0 Å². The minimum atomic E-state index is -2.98. The van der Waals surface area contributed by atoms with Crippen LogP contribution >= 0.6 is 0 Å². The summed E-state index contributed by atoms with van der Waals surface area (Å²) in [6.45, 7) is 2.39. The first-order valence-corrected chi connectivity index (χ1v) is 12.4. The number of ether oxygens (including phenoxy) is 2. The molecule has 2 saturated heterocycles. The van der Waals surface area contributed by atoms with Crippen LogP contribution < -0.4 is 10.1 Å². The molecular weight excluding hydrogens is 506 g/mol. The molecule has 1 atom stereocenters. The largest absolute Gasteiger partial charge is 0.479 e. The molecule has 1 aromatic carbocycles. The first-order valence-electron chi connectivity index (χ1n) is 12.4. The van der Waals surface area contributed by atoms with Gasteiger partial charge >= 0.3 is 0 Å². The molecule has 1 unspecified atom stereocenters. The Morgan fingerprint density at radius 3 is 2.71 bits per heavy atom. The number of fused-ring (bicyclic) bond motifs is 2. The first kappa shape index (κ1) is 24.9. The molecule has 0 amide bonds. The minimum Gasteiger partial charge on any atom is -0.479 e. The van der Waals surface area contributed by atoms with Gasteiger partial charge in [0.1, 0.15) is 11.3 Å². The van der Waals surface area contributed by atoms with E-state index in [9.17, 15) is 17.6 Å². The van der Waals surface area contributed by atoms with E-state index in [4.69, 9.17) is 9.47 Å². The summed E-state index contributed by atoms with van der Waals surface area (Å²) in [5.74, 6) is -2.25. The second-order valence-electron chi connectivity index (χ2n) is 9.74. The quantitative estimate of drug-likeness (QED) is 0.362. The Hall–Kier alpha value is -3.45. The standard InChI is InChI=1S/C25H27F4N7O2/c1-14-30-18-4-3-15(9-19(18)35(14)10-21(26)27)17-5-8-36-22(17)23(37-2)32-24(33-36)31-20-6-7-34(13-25(20,28)29)16-11-38-12-16/h3-5,8-9,16,20-21H,6-7,10-13H2,1-2H3,(H,31,33). The second-order valence-corrected chi connectivity index (χ2v) is 9.74. The highest BCUT2D eigenvalue weighted by atomic mass is 19.3. The van der Waals surface area contributed by atoms with E-state index in [2.05, 4.69) is 20.4 Å². The molecule has 2 fully saturated rings. The maximum Gasteiger partial charge on any atom is 0.280 e. The number of piperidine rings is 1. The highest BCUT2D eigenvalue weighted by Gasteiger charge is 2.47. The minimum absolute atomic E-state index is 0.0303. The molecule has 0 saturated carbocycles. The van der Waals surface area contributed by atoms with Crippen molar-refractivity contribution in [1.82, 2.24) is 29.0 Å². The van der Waals surface area contributed by atoms with E-state index < -0.39 is 24.9 Å². The molecule has 0 radical (unpaired) electrons. The van der Waals surface area contributed by atoms with Crippen LogP contribution in [-0.4, -0.2) is 86.9 Å². The number of benzene rings is 1. The van der Waals surface area contributed by atoms with Gasteiger partial charge in [-0.2, -0.15) is 4.98 Å². The van der Waals surface area contributed by atoms with Gasteiger partial charge in [-0.05, 0) is 37.1 Å². The van der Waals surface area contributed by atoms with Crippen LogP contribution in [0.2, 0.25) is 0 Å². The van der Waals surface area contributed by atoms with Crippen molar-refractivity contribution in [3.63, 3.8) is 0 Å². The summed E-state index contributed by atoms with van der Waals surface area (Å²) in [7, 11) is 1.45. The summed E-state index contributed by atoms with van der Waals surface area (Å²) in [4.78, 5) is 10.5. The third-order valence-electron chi connectivity index (χ3n) is 7.31. The summed E-state index contributed by atoms with van der Waals surface area (Å²) in [5.41, 5.74) is 3.17. The SMILES string of the molecule is COc1nc(NC2CCN(C3COC3)CC2(F)F)nn2ccc(-c3ccc4nc(C)n(CC(F)F)c4c3)c12. The lowest BCUT2D eigenvalue weighted by molar-refractivity contribution is -0.131. The highest BCUT2D eigenvalue weighted by molar-refractivity contribution is 5.89. The Morgan fingerprint density at radius 1 is 1.21 bits per heavy atom. The second kappa shape index (κ2) is 9.38. The fourth-order valence-corrected chi connectivity index (χ4v) is 5.25. The molecule has 0 spiro atoms. The Morgan fingerprint density at radius 2 is 2.03 bits per heavy atom. The van der Waals surface area contributed by atoms with Crippen molar-refractivity contribution < 1.29 is 27.0 Å².